The summed E-state index contributed by atoms with van der Waals surface area (Å²) < 4.78 is 5.36. The van der Waals surface area contributed by atoms with E-state index in [1.807, 2.05) is 6.92 Å². The van der Waals surface area contributed by atoms with E-state index in [1.165, 1.54) is 12.1 Å². The minimum Gasteiger partial charge on any atom is -0.478 e. The van der Waals surface area contributed by atoms with Crippen molar-refractivity contribution in [3.05, 3.63) is 40.5 Å². The van der Waals surface area contributed by atoms with Gasteiger partial charge in [-0.05, 0) is 19.1 Å². The number of aromatic carboxylic acids is 1. The third-order valence-corrected chi connectivity index (χ3v) is 2.40. The topological polar surface area (TPSA) is 75.2 Å². The molecule has 0 saturated heterocycles. The molecule has 2 N–H and O–H groups in total. The molecule has 0 aliphatic heterocycles. The van der Waals surface area contributed by atoms with Crippen molar-refractivity contribution in [3.8, 4) is 11.6 Å². The summed E-state index contributed by atoms with van der Waals surface area (Å²) in [4.78, 5) is 11.0. The first-order valence-corrected chi connectivity index (χ1v) is 5.17. The molecule has 2 rings (SSSR count). The van der Waals surface area contributed by atoms with Crippen LogP contribution in [-0.4, -0.2) is 21.3 Å². The highest BCUT2D eigenvalue weighted by Crippen LogP contribution is 2.29. The lowest BCUT2D eigenvalue weighted by Crippen LogP contribution is -2.01. The second kappa shape index (κ2) is 4.47. The van der Waals surface area contributed by atoms with Crippen molar-refractivity contribution in [2.75, 3.05) is 0 Å². The van der Waals surface area contributed by atoms with Crippen LogP contribution in [0.2, 0.25) is 5.02 Å². The van der Waals surface area contributed by atoms with Crippen LogP contribution in [0.25, 0.3) is 0 Å². The Labute approximate surface area is 102 Å². The molecule has 0 atom stereocenters. The number of hydrogen-bond donors (Lipinski definition) is 2. The largest absolute Gasteiger partial charge is 0.478 e. The van der Waals surface area contributed by atoms with Gasteiger partial charge in [-0.25, -0.2) is 4.79 Å². The Kier molecular flexibility index (Phi) is 3.01. The molecule has 0 amide bonds. The zero-order chi connectivity index (χ0) is 12.4. The molecule has 0 saturated carbocycles. The number of benzene rings is 1. The molecule has 1 heterocycles. The van der Waals surface area contributed by atoms with Crippen molar-refractivity contribution in [1.82, 2.24) is 10.2 Å². The monoisotopic (exact) mass is 252 g/mol. The Morgan fingerprint density at radius 1 is 1.53 bits per heavy atom. The molecule has 0 spiro atoms. The Bertz CT molecular complexity index is 566. The summed E-state index contributed by atoms with van der Waals surface area (Å²) in [7, 11) is 0. The summed E-state index contributed by atoms with van der Waals surface area (Å²) in [6.45, 7) is 1.82. The number of ether oxygens (including phenoxy) is 1. The lowest BCUT2D eigenvalue weighted by Gasteiger charge is -2.06. The minimum absolute atomic E-state index is 0.0742. The van der Waals surface area contributed by atoms with Crippen LogP contribution in [0.1, 0.15) is 16.1 Å². The van der Waals surface area contributed by atoms with Crippen LogP contribution < -0.4 is 4.74 Å². The van der Waals surface area contributed by atoms with E-state index >= 15 is 0 Å². The van der Waals surface area contributed by atoms with Crippen LogP contribution in [0, 0.1) is 6.92 Å². The molecule has 1 aromatic heterocycles. The standard InChI is InChI=1S/C11H9ClN2O3/c1-6-5-9(14-13-6)17-8-4-2-3-7(12)10(8)11(15)16/h2-5H,1H3,(H,13,14)(H,15,16). The van der Waals surface area contributed by atoms with Crippen LogP contribution in [0.3, 0.4) is 0 Å². The molecule has 5 nitrogen and oxygen atoms in total. The van der Waals surface area contributed by atoms with Crippen molar-refractivity contribution < 1.29 is 14.6 Å². The highest BCUT2D eigenvalue weighted by molar-refractivity contribution is 6.33. The average molecular weight is 253 g/mol. The molecule has 0 radical (unpaired) electrons. The zero-order valence-corrected chi connectivity index (χ0v) is 9.65. The quantitative estimate of drug-likeness (QED) is 0.881. The van der Waals surface area contributed by atoms with E-state index < -0.39 is 5.97 Å². The summed E-state index contributed by atoms with van der Waals surface area (Å²) in [5.74, 6) is -0.679. The molecule has 0 aliphatic rings. The number of carboxylic acid groups (broad SMARTS) is 1. The number of aryl methyl sites for hydroxylation is 1. The van der Waals surface area contributed by atoms with E-state index in [2.05, 4.69) is 10.2 Å². The van der Waals surface area contributed by atoms with Gasteiger partial charge in [0.2, 0.25) is 5.88 Å². The van der Waals surface area contributed by atoms with E-state index in [0.29, 0.717) is 5.88 Å². The number of aromatic amines is 1. The van der Waals surface area contributed by atoms with Gasteiger partial charge in [-0.1, -0.05) is 17.7 Å². The molecule has 6 heteroatoms. The van der Waals surface area contributed by atoms with Gasteiger partial charge in [-0.15, -0.1) is 5.10 Å². The van der Waals surface area contributed by atoms with Crippen LogP contribution >= 0.6 is 11.6 Å². The van der Waals surface area contributed by atoms with Gasteiger partial charge in [0.25, 0.3) is 0 Å². The van der Waals surface area contributed by atoms with Gasteiger partial charge in [0.05, 0.1) is 5.02 Å². The number of carbonyl (C=O) groups is 1. The Morgan fingerprint density at radius 3 is 2.88 bits per heavy atom. The van der Waals surface area contributed by atoms with Gasteiger partial charge in [0.15, 0.2) is 0 Å². The molecular weight excluding hydrogens is 244 g/mol. The highest BCUT2D eigenvalue weighted by Gasteiger charge is 2.16. The second-order valence-electron chi connectivity index (χ2n) is 3.41. The SMILES string of the molecule is Cc1cc(Oc2cccc(Cl)c2C(=O)O)n[nH]1. The molecule has 1 aromatic carbocycles. The lowest BCUT2D eigenvalue weighted by atomic mass is 10.2. The van der Waals surface area contributed by atoms with Gasteiger partial charge >= 0.3 is 5.97 Å². The summed E-state index contributed by atoms with van der Waals surface area (Å²) >= 11 is 5.81. The number of H-pyrrole nitrogens is 1. The van der Waals surface area contributed by atoms with Crippen LogP contribution in [0.15, 0.2) is 24.3 Å². The lowest BCUT2D eigenvalue weighted by molar-refractivity contribution is 0.0694. The normalized spacial score (nSPS) is 10.2. The first-order valence-electron chi connectivity index (χ1n) is 4.79. The number of halogens is 1. The second-order valence-corrected chi connectivity index (χ2v) is 3.82. The van der Waals surface area contributed by atoms with Gasteiger partial charge < -0.3 is 9.84 Å². The van der Waals surface area contributed by atoms with Crippen LogP contribution in [-0.2, 0) is 0 Å². The summed E-state index contributed by atoms with van der Waals surface area (Å²) in [5.41, 5.74) is 0.744. The fourth-order valence-electron chi connectivity index (χ4n) is 1.35. The number of hydrogen-bond acceptors (Lipinski definition) is 3. The predicted octanol–water partition coefficient (Wildman–Crippen LogP) is 2.86. The smallest absolute Gasteiger partial charge is 0.341 e. The maximum absolute atomic E-state index is 11.0. The molecule has 17 heavy (non-hydrogen) atoms. The van der Waals surface area contributed by atoms with E-state index in [-0.39, 0.29) is 16.3 Å². The van der Waals surface area contributed by atoms with Crippen LogP contribution in [0.5, 0.6) is 11.6 Å². The predicted molar refractivity (Wildman–Crippen MR) is 61.8 cm³/mol. The Morgan fingerprint density at radius 2 is 2.29 bits per heavy atom. The third-order valence-electron chi connectivity index (χ3n) is 2.09. The first kappa shape index (κ1) is 11.5. The van der Waals surface area contributed by atoms with Gasteiger partial charge in [0.1, 0.15) is 11.3 Å². The molecule has 0 aliphatic carbocycles. The van der Waals surface area contributed by atoms with Crippen molar-refractivity contribution in [1.29, 1.82) is 0 Å². The number of nitrogens with one attached hydrogen (secondary N) is 1. The van der Waals surface area contributed by atoms with Crippen molar-refractivity contribution in [2.45, 2.75) is 6.92 Å². The maximum atomic E-state index is 11.0. The molecule has 0 fully saturated rings. The molecule has 88 valence electrons. The third kappa shape index (κ3) is 2.39. The summed E-state index contributed by atoms with van der Waals surface area (Å²) in [5, 5.41) is 15.7. The van der Waals surface area contributed by atoms with E-state index in [9.17, 15) is 4.79 Å². The first-order chi connectivity index (χ1) is 8.08. The molecular formula is C11H9ClN2O3. The van der Waals surface area contributed by atoms with E-state index in [0.717, 1.165) is 5.69 Å². The fraction of sp³-hybridized carbons (Fsp3) is 0.0909. The molecule has 2 aromatic rings. The van der Waals surface area contributed by atoms with E-state index in [1.54, 1.807) is 12.1 Å². The minimum atomic E-state index is -1.14. The van der Waals surface area contributed by atoms with Crippen molar-refractivity contribution >= 4 is 17.6 Å². The Hall–Kier alpha value is -2.01. The van der Waals surface area contributed by atoms with Gasteiger partial charge in [-0.2, -0.15) is 0 Å². The number of rotatable bonds is 3. The van der Waals surface area contributed by atoms with Crippen LogP contribution in [0.4, 0.5) is 0 Å². The molecule has 0 unspecified atom stereocenters. The van der Waals surface area contributed by atoms with E-state index in [4.69, 9.17) is 21.4 Å². The van der Waals surface area contributed by atoms with Crippen molar-refractivity contribution in [2.24, 2.45) is 0 Å². The number of nitrogens with zero attached hydrogens (tertiary/aromatic N) is 1. The highest BCUT2D eigenvalue weighted by atomic mass is 35.5. The van der Waals surface area contributed by atoms with Gasteiger partial charge in [0, 0.05) is 11.8 Å². The molecule has 0 bridgehead atoms. The number of carboxylic acids is 1. The van der Waals surface area contributed by atoms with Crippen molar-refractivity contribution in [3.63, 3.8) is 0 Å². The Balaban J connectivity index is 2.39. The maximum Gasteiger partial charge on any atom is 0.341 e. The summed E-state index contributed by atoms with van der Waals surface area (Å²) in [6.07, 6.45) is 0. The average Bonchev–Trinajstić information content (AvgIpc) is 2.63. The number of aromatic nitrogens is 2. The zero-order valence-electron chi connectivity index (χ0n) is 8.90. The summed E-state index contributed by atoms with van der Waals surface area (Å²) in [6, 6.07) is 6.29. The fourth-order valence-corrected chi connectivity index (χ4v) is 1.60. The van der Waals surface area contributed by atoms with Gasteiger partial charge in [-0.3, -0.25) is 5.10 Å².